The van der Waals surface area contributed by atoms with Crippen molar-refractivity contribution in [1.29, 1.82) is 0 Å². The molecule has 7 heteroatoms. The van der Waals surface area contributed by atoms with Gasteiger partial charge in [-0.25, -0.2) is 12.7 Å². The molecule has 1 amide bonds. The highest BCUT2D eigenvalue weighted by Gasteiger charge is 2.30. The minimum atomic E-state index is -3.22. The molecule has 2 heterocycles. The van der Waals surface area contributed by atoms with E-state index in [0.717, 1.165) is 18.4 Å². The highest BCUT2D eigenvalue weighted by molar-refractivity contribution is 7.88. The molecule has 1 N–H and O–H groups in total. The van der Waals surface area contributed by atoms with E-state index in [2.05, 4.69) is 25.2 Å². The van der Waals surface area contributed by atoms with Crippen molar-refractivity contribution in [2.75, 3.05) is 19.3 Å². The zero-order valence-corrected chi connectivity index (χ0v) is 15.2. The first kappa shape index (κ1) is 17.4. The summed E-state index contributed by atoms with van der Waals surface area (Å²) in [5.74, 6) is -0.310. The van der Waals surface area contributed by atoms with E-state index in [9.17, 15) is 13.2 Å². The molecule has 1 aromatic rings. The maximum absolute atomic E-state index is 12.4. The van der Waals surface area contributed by atoms with Crippen LogP contribution in [0.4, 0.5) is 0 Å². The summed E-state index contributed by atoms with van der Waals surface area (Å²) in [4.78, 5) is 14.9. The molecule has 0 bridgehead atoms. The number of thiophene rings is 1. The number of sulfonamides is 1. The lowest BCUT2D eigenvalue weighted by molar-refractivity contribution is -0.126. The van der Waals surface area contributed by atoms with Crippen LogP contribution in [-0.4, -0.2) is 38.0 Å². The SMILES string of the molecule is Cc1cc(C(C)NC(=O)C2CCCN(S(C)(=O)=O)C2)c(C)s1. The first-order valence-corrected chi connectivity index (χ1v) is 10.2. The van der Waals surface area contributed by atoms with Gasteiger partial charge in [0.25, 0.3) is 0 Å². The lowest BCUT2D eigenvalue weighted by atomic mass is 9.98. The van der Waals surface area contributed by atoms with E-state index in [-0.39, 0.29) is 17.9 Å². The normalized spacial score (nSPS) is 21.5. The molecule has 2 rings (SSSR count). The average molecular weight is 345 g/mol. The summed E-state index contributed by atoms with van der Waals surface area (Å²) < 4.78 is 24.7. The quantitative estimate of drug-likeness (QED) is 0.911. The van der Waals surface area contributed by atoms with Crippen molar-refractivity contribution in [3.05, 3.63) is 21.4 Å². The van der Waals surface area contributed by atoms with Crippen molar-refractivity contribution in [1.82, 2.24) is 9.62 Å². The van der Waals surface area contributed by atoms with Crippen LogP contribution in [0.5, 0.6) is 0 Å². The number of amides is 1. The number of hydrogen-bond acceptors (Lipinski definition) is 4. The minimum absolute atomic E-state index is 0.0499. The largest absolute Gasteiger partial charge is 0.349 e. The van der Waals surface area contributed by atoms with Crippen LogP contribution in [0.2, 0.25) is 0 Å². The first-order chi connectivity index (χ1) is 10.2. The molecule has 1 saturated heterocycles. The molecule has 2 unspecified atom stereocenters. The molecule has 2 atom stereocenters. The van der Waals surface area contributed by atoms with Crippen molar-refractivity contribution < 1.29 is 13.2 Å². The predicted molar refractivity (Wildman–Crippen MR) is 89.5 cm³/mol. The molecule has 5 nitrogen and oxygen atoms in total. The first-order valence-electron chi connectivity index (χ1n) is 7.51. The van der Waals surface area contributed by atoms with Gasteiger partial charge in [0.05, 0.1) is 18.2 Å². The van der Waals surface area contributed by atoms with Crippen molar-refractivity contribution >= 4 is 27.3 Å². The zero-order chi connectivity index (χ0) is 16.5. The standard InChI is InChI=1S/C15H24N2O3S2/c1-10-8-14(12(3)21-10)11(2)16-15(18)13-6-5-7-17(9-13)22(4,19)20/h8,11,13H,5-7,9H2,1-4H3,(H,16,18). The van der Waals surface area contributed by atoms with Gasteiger partial charge in [-0.05, 0) is 45.2 Å². The second-order valence-corrected chi connectivity index (χ2v) is 9.50. The highest BCUT2D eigenvalue weighted by atomic mass is 32.2. The van der Waals surface area contributed by atoms with E-state index >= 15 is 0 Å². The van der Waals surface area contributed by atoms with Gasteiger partial charge >= 0.3 is 0 Å². The maximum Gasteiger partial charge on any atom is 0.224 e. The van der Waals surface area contributed by atoms with Gasteiger partial charge in [0, 0.05) is 22.8 Å². The monoisotopic (exact) mass is 344 g/mol. The smallest absolute Gasteiger partial charge is 0.224 e. The Bertz CT molecular complexity index is 652. The van der Waals surface area contributed by atoms with Gasteiger partial charge in [-0.3, -0.25) is 4.79 Å². The van der Waals surface area contributed by atoms with E-state index in [4.69, 9.17) is 0 Å². The number of nitrogens with zero attached hydrogens (tertiary/aromatic N) is 1. The van der Waals surface area contributed by atoms with E-state index in [1.54, 1.807) is 11.3 Å². The average Bonchev–Trinajstić information content (AvgIpc) is 2.77. The molecule has 22 heavy (non-hydrogen) atoms. The van der Waals surface area contributed by atoms with Gasteiger partial charge in [-0.15, -0.1) is 11.3 Å². The summed E-state index contributed by atoms with van der Waals surface area (Å²) >= 11 is 1.73. The summed E-state index contributed by atoms with van der Waals surface area (Å²) in [7, 11) is -3.22. The fourth-order valence-corrected chi connectivity index (χ4v) is 4.88. The number of piperidine rings is 1. The van der Waals surface area contributed by atoms with Crippen LogP contribution in [0.15, 0.2) is 6.07 Å². The van der Waals surface area contributed by atoms with Gasteiger partial charge in [-0.2, -0.15) is 0 Å². The molecule has 0 spiro atoms. The Morgan fingerprint density at radius 2 is 2.14 bits per heavy atom. The Labute approximate surface area is 136 Å². The fourth-order valence-electron chi connectivity index (χ4n) is 2.95. The summed E-state index contributed by atoms with van der Waals surface area (Å²) in [6, 6.07) is 2.06. The van der Waals surface area contributed by atoms with Gasteiger partial charge in [-0.1, -0.05) is 0 Å². The predicted octanol–water partition coefficient (Wildman–Crippen LogP) is 2.21. The molecule has 0 saturated carbocycles. The second-order valence-electron chi connectivity index (χ2n) is 6.06. The van der Waals surface area contributed by atoms with E-state index in [1.165, 1.54) is 20.3 Å². The number of rotatable bonds is 4. The number of hydrogen-bond donors (Lipinski definition) is 1. The second kappa shape index (κ2) is 6.68. The Morgan fingerprint density at radius 1 is 1.45 bits per heavy atom. The maximum atomic E-state index is 12.4. The van der Waals surface area contributed by atoms with Crippen molar-refractivity contribution in [3.8, 4) is 0 Å². The van der Waals surface area contributed by atoms with Crippen molar-refractivity contribution in [3.63, 3.8) is 0 Å². The lowest BCUT2D eigenvalue weighted by Gasteiger charge is -2.30. The zero-order valence-electron chi connectivity index (χ0n) is 13.5. The molecular weight excluding hydrogens is 320 g/mol. The summed E-state index contributed by atoms with van der Waals surface area (Å²) in [5.41, 5.74) is 1.15. The fraction of sp³-hybridized carbons (Fsp3) is 0.667. The number of carbonyl (C=O) groups excluding carboxylic acids is 1. The van der Waals surface area contributed by atoms with Gasteiger partial charge < -0.3 is 5.32 Å². The molecule has 1 fully saturated rings. The molecular formula is C15H24N2O3S2. The molecule has 0 aromatic carbocycles. The van der Waals surface area contributed by atoms with Gasteiger partial charge in [0.1, 0.15) is 0 Å². The summed E-state index contributed by atoms with van der Waals surface area (Å²) in [6.45, 7) is 6.89. The molecule has 1 aromatic heterocycles. The Kier molecular flexibility index (Phi) is 5.29. The number of nitrogens with one attached hydrogen (secondary N) is 1. The molecule has 0 aliphatic carbocycles. The third kappa shape index (κ3) is 4.08. The number of carbonyl (C=O) groups is 1. The van der Waals surface area contributed by atoms with Crippen LogP contribution in [0.25, 0.3) is 0 Å². The topological polar surface area (TPSA) is 66.5 Å². The Balaban J connectivity index is 2.01. The van der Waals surface area contributed by atoms with Crippen LogP contribution in [-0.2, 0) is 14.8 Å². The van der Waals surface area contributed by atoms with Crippen LogP contribution in [0.1, 0.15) is 41.1 Å². The van der Waals surface area contributed by atoms with Crippen LogP contribution in [0.3, 0.4) is 0 Å². The summed E-state index contributed by atoms with van der Waals surface area (Å²) in [6.07, 6.45) is 2.68. The summed E-state index contributed by atoms with van der Waals surface area (Å²) in [5, 5.41) is 3.04. The number of aryl methyl sites for hydroxylation is 2. The molecule has 0 radical (unpaired) electrons. The van der Waals surface area contributed by atoms with Crippen LogP contribution in [0, 0.1) is 19.8 Å². The third-order valence-corrected chi connectivity index (χ3v) is 6.38. The Hall–Kier alpha value is -0.920. The molecule has 1 aliphatic rings. The van der Waals surface area contributed by atoms with E-state index in [1.807, 2.05) is 6.92 Å². The van der Waals surface area contributed by atoms with Crippen LogP contribution >= 0.6 is 11.3 Å². The van der Waals surface area contributed by atoms with Gasteiger partial charge in [0.2, 0.25) is 15.9 Å². The Morgan fingerprint density at radius 3 is 2.68 bits per heavy atom. The molecule has 1 aliphatic heterocycles. The lowest BCUT2D eigenvalue weighted by Crippen LogP contribution is -2.45. The van der Waals surface area contributed by atoms with Crippen molar-refractivity contribution in [2.24, 2.45) is 5.92 Å². The third-order valence-electron chi connectivity index (χ3n) is 4.13. The highest BCUT2D eigenvalue weighted by Crippen LogP contribution is 2.27. The van der Waals surface area contributed by atoms with E-state index in [0.29, 0.717) is 13.1 Å². The molecule has 124 valence electrons. The van der Waals surface area contributed by atoms with Crippen molar-refractivity contribution in [2.45, 2.75) is 39.7 Å². The van der Waals surface area contributed by atoms with Crippen LogP contribution < -0.4 is 5.32 Å². The minimum Gasteiger partial charge on any atom is -0.349 e. The van der Waals surface area contributed by atoms with E-state index < -0.39 is 10.0 Å². The van der Waals surface area contributed by atoms with Gasteiger partial charge in [0.15, 0.2) is 0 Å².